The molecule has 4 heteroatoms. The molecular formula is C7H13F2NO. The molecule has 0 aromatic carbocycles. The maximum atomic E-state index is 12.4. The molecule has 1 rings (SSSR count). The summed E-state index contributed by atoms with van der Waals surface area (Å²) in [7, 11) is 0. The van der Waals surface area contributed by atoms with Crippen LogP contribution in [0.5, 0.6) is 0 Å². The van der Waals surface area contributed by atoms with Crippen molar-refractivity contribution >= 4 is 0 Å². The highest BCUT2D eigenvalue weighted by Crippen LogP contribution is 2.14. The minimum Gasteiger partial charge on any atom is -0.379 e. The van der Waals surface area contributed by atoms with Crippen LogP contribution in [0.2, 0.25) is 0 Å². The van der Waals surface area contributed by atoms with E-state index in [-0.39, 0.29) is 6.54 Å². The van der Waals surface area contributed by atoms with Crippen molar-refractivity contribution in [1.29, 1.82) is 0 Å². The number of hydrogen-bond donors (Lipinski definition) is 0. The smallest absolute Gasteiger partial charge is 0.257 e. The normalized spacial score (nSPS) is 22.1. The zero-order valence-electron chi connectivity index (χ0n) is 6.65. The summed E-state index contributed by atoms with van der Waals surface area (Å²) in [5.41, 5.74) is 0. The van der Waals surface area contributed by atoms with Crippen molar-refractivity contribution in [3.05, 3.63) is 0 Å². The fraction of sp³-hybridized carbons (Fsp3) is 1.00. The van der Waals surface area contributed by atoms with Gasteiger partial charge in [0.25, 0.3) is 5.92 Å². The average molecular weight is 165 g/mol. The third-order valence-electron chi connectivity index (χ3n) is 1.60. The third-order valence-corrected chi connectivity index (χ3v) is 1.60. The molecule has 0 atom stereocenters. The molecule has 0 aliphatic carbocycles. The van der Waals surface area contributed by atoms with Crippen LogP contribution in [-0.4, -0.2) is 43.7 Å². The maximum absolute atomic E-state index is 12.4. The van der Waals surface area contributed by atoms with E-state index in [1.165, 1.54) is 0 Å². The number of alkyl halides is 2. The summed E-state index contributed by atoms with van der Waals surface area (Å²) in [4.78, 5) is 1.73. The van der Waals surface area contributed by atoms with E-state index >= 15 is 0 Å². The van der Waals surface area contributed by atoms with Gasteiger partial charge in [0.2, 0.25) is 0 Å². The lowest BCUT2D eigenvalue weighted by Gasteiger charge is -2.28. The minimum absolute atomic E-state index is 0.143. The van der Waals surface area contributed by atoms with Gasteiger partial charge in [-0.3, -0.25) is 4.90 Å². The lowest BCUT2D eigenvalue weighted by atomic mass is 10.3. The first-order chi connectivity index (χ1) is 5.08. The standard InChI is InChI=1S/C7H13F2NO/c1-7(8,9)6-10-2-4-11-5-3-10/h2-6H2,1H3. The zero-order valence-corrected chi connectivity index (χ0v) is 6.65. The molecule has 11 heavy (non-hydrogen) atoms. The largest absolute Gasteiger partial charge is 0.379 e. The van der Waals surface area contributed by atoms with E-state index in [4.69, 9.17) is 4.74 Å². The molecule has 0 spiro atoms. The Morgan fingerprint density at radius 3 is 2.36 bits per heavy atom. The summed E-state index contributed by atoms with van der Waals surface area (Å²) in [5.74, 6) is -2.57. The Hall–Kier alpha value is -0.220. The van der Waals surface area contributed by atoms with Crippen molar-refractivity contribution in [2.75, 3.05) is 32.8 Å². The quantitative estimate of drug-likeness (QED) is 0.604. The fourth-order valence-electron chi connectivity index (χ4n) is 1.15. The Morgan fingerprint density at radius 1 is 1.36 bits per heavy atom. The van der Waals surface area contributed by atoms with Gasteiger partial charge in [0.1, 0.15) is 0 Å². The Morgan fingerprint density at radius 2 is 1.91 bits per heavy atom. The van der Waals surface area contributed by atoms with Crippen LogP contribution in [0.1, 0.15) is 6.92 Å². The van der Waals surface area contributed by atoms with Gasteiger partial charge >= 0.3 is 0 Å². The first-order valence-corrected chi connectivity index (χ1v) is 3.76. The van der Waals surface area contributed by atoms with E-state index in [2.05, 4.69) is 0 Å². The predicted octanol–water partition coefficient (Wildman–Crippen LogP) is 0.974. The molecule has 1 fully saturated rings. The molecule has 0 aromatic rings. The molecule has 66 valence electrons. The highest BCUT2D eigenvalue weighted by Gasteiger charge is 2.25. The molecule has 0 aromatic heterocycles. The summed E-state index contributed by atoms with van der Waals surface area (Å²) in [5, 5.41) is 0. The molecule has 1 heterocycles. The molecule has 0 saturated carbocycles. The first-order valence-electron chi connectivity index (χ1n) is 3.76. The third kappa shape index (κ3) is 3.62. The first kappa shape index (κ1) is 8.87. The number of halogens is 2. The number of ether oxygens (including phenoxy) is 1. The lowest BCUT2D eigenvalue weighted by molar-refractivity contribution is -0.0444. The molecule has 1 aliphatic rings. The molecule has 2 nitrogen and oxygen atoms in total. The van der Waals surface area contributed by atoms with Crippen molar-refractivity contribution in [2.24, 2.45) is 0 Å². The fourth-order valence-corrected chi connectivity index (χ4v) is 1.15. The summed E-state index contributed by atoms with van der Waals surface area (Å²) < 4.78 is 29.9. The van der Waals surface area contributed by atoms with Gasteiger partial charge in [-0.25, -0.2) is 8.78 Å². The van der Waals surface area contributed by atoms with E-state index in [1.54, 1.807) is 4.90 Å². The van der Waals surface area contributed by atoms with Crippen LogP contribution in [0.4, 0.5) is 8.78 Å². The minimum atomic E-state index is -2.57. The van der Waals surface area contributed by atoms with Gasteiger partial charge in [0.05, 0.1) is 19.8 Å². The molecule has 0 unspecified atom stereocenters. The van der Waals surface area contributed by atoms with Crippen LogP contribution in [0.3, 0.4) is 0 Å². The van der Waals surface area contributed by atoms with Crippen LogP contribution >= 0.6 is 0 Å². The molecule has 0 N–H and O–H groups in total. The van der Waals surface area contributed by atoms with E-state index in [9.17, 15) is 8.78 Å². The van der Waals surface area contributed by atoms with Gasteiger partial charge < -0.3 is 4.74 Å². The van der Waals surface area contributed by atoms with Crippen molar-refractivity contribution in [3.63, 3.8) is 0 Å². The van der Waals surface area contributed by atoms with Gasteiger partial charge in [-0.2, -0.15) is 0 Å². The summed E-state index contributed by atoms with van der Waals surface area (Å²) in [6.07, 6.45) is 0. The summed E-state index contributed by atoms with van der Waals surface area (Å²) >= 11 is 0. The Labute approximate surface area is 65.1 Å². The highest BCUT2D eigenvalue weighted by atomic mass is 19.3. The van der Waals surface area contributed by atoms with E-state index in [0.717, 1.165) is 6.92 Å². The molecule has 0 radical (unpaired) electrons. The van der Waals surface area contributed by atoms with Crippen molar-refractivity contribution in [1.82, 2.24) is 4.90 Å². The maximum Gasteiger partial charge on any atom is 0.257 e. The number of hydrogen-bond acceptors (Lipinski definition) is 2. The molecule has 0 amide bonds. The molecule has 1 aliphatic heterocycles. The summed E-state index contributed by atoms with van der Waals surface area (Å²) in [6, 6.07) is 0. The second-order valence-corrected chi connectivity index (χ2v) is 2.96. The van der Waals surface area contributed by atoms with Crippen LogP contribution in [0, 0.1) is 0 Å². The molecule has 1 saturated heterocycles. The van der Waals surface area contributed by atoms with Gasteiger partial charge in [-0.15, -0.1) is 0 Å². The van der Waals surface area contributed by atoms with Gasteiger partial charge in [0.15, 0.2) is 0 Å². The zero-order chi connectivity index (χ0) is 8.32. The Bertz CT molecular complexity index is 118. The molecule has 0 bridgehead atoms. The van der Waals surface area contributed by atoms with Crippen LogP contribution in [-0.2, 0) is 4.74 Å². The number of nitrogens with zero attached hydrogens (tertiary/aromatic N) is 1. The van der Waals surface area contributed by atoms with E-state index in [1.807, 2.05) is 0 Å². The van der Waals surface area contributed by atoms with Crippen molar-refractivity contribution in [2.45, 2.75) is 12.8 Å². The number of rotatable bonds is 2. The Kier molecular flexibility index (Phi) is 2.78. The van der Waals surface area contributed by atoms with Crippen LogP contribution < -0.4 is 0 Å². The SMILES string of the molecule is CC(F)(F)CN1CCOCC1. The van der Waals surface area contributed by atoms with E-state index < -0.39 is 5.92 Å². The highest BCUT2D eigenvalue weighted by molar-refractivity contribution is 4.69. The monoisotopic (exact) mass is 165 g/mol. The van der Waals surface area contributed by atoms with Crippen LogP contribution in [0.25, 0.3) is 0 Å². The van der Waals surface area contributed by atoms with Gasteiger partial charge in [0, 0.05) is 20.0 Å². The van der Waals surface area contributed by atoms with Crippen molar-refractivity contribution < 1.29 is 13.5 Å². The second kappa shape index (κ2) is 3.45. The van der Waals surface area contributed by atoms with Crippen molar-refractivity contribution in [3.8, 4) is 0 Å². The van der Waals surface area contributed by atoms with Gasteiger partial charge in [-0.1, -0.05) is 0 Å². The topological polar surface area (TPSA) is 12.5 Å². The second-order valence-electron chi connectivity index (χ2n) is 2.96. The number of morpholine rings is 1. The Balaban J connectivity index is 2.24. The lowest BCUT2D eigenvalue weighted by Crippen LogP contribution is -2.42. The van der Waals surface area contributed by atoms with Gasteiger partial charge in [-0.05, 0) is 0 Å². The van der Waals surface area contributed by atoms with Crippen LogP contribution in [0.15, 0.2) is 0 Å². The summed E-state index contributed by atoms with van der Waals surface area (Å²) in [6.45, 7) is 3.22. The van der Waals surface area contributed by atoms with E-state index in [0.29, 0.717) is 26.3 Å². The molecular weight excluding hydrogens is 152 g/mol. The predicted molar refractivity (Wildman–Crippen MR) is 37.9 cm³/mol. The average Bonchev–Trinajstić information content (AvgIpc) is 1.85.